The first-order chi connectivity index (χ1) is 12.6. The molecule has 0 saturated carbocycles. The average molecular weight is 401 g/mol. The molecule has 1 atom stereocenters. The summed E-state index contributed by atoms with van der Waals surface area (Å²) < 4.78 is 14.5. The van der Waals surface area contributed by atoms with Gasteiger partial charge in [0.2, 0.25) is 0 Å². The Morgan fingerprint density at radius 3 is 2.56 bits per heavy atom. The molecular formula is C22H28N2OS2. The van der Waals surface area contributed by atoms with E-state index in [0.29, 0.717) is 11.8 Å². The van der Waals surface area contributed by atoms with Gasteiger partial charge in [-0.3, -0.25) is 8.78 Å². The third-order valence-electron chi connectivity index (χ3n) is 4.43. The van der Waals surface area contributed by atoms with E-state index in [1.165, 1.54) is 0 Å². The molecule has 2 heterocycles. The van der Waals surface area contributed by atoms with Crippen molar-refractivity contribution in [1.29, 1.82) is 0 Å². The molecule has 2 aromatic heterocycles. The molecule has 0 bridgehead atoms. The van der Waals surface area contributed by atoms with Crippen LogP contribution in [0.3, 0.4) is 0 Å². The molecule has 3 nitrogen and oxygen atoms in total. The molecule has 0 N–H and O–H groups in total. The van der Waals surface area contributed by atoms with Crippen molar-refractivity contribution >= 4 is 26.7 Å². The minimum absolute atomic E-state index is 0.406. The molecule has 0 amide bonds. The lowest BCUT2D eigenvalue weighted by molar-refractivity contribution is 0.613. The number of benzene rings is 1. The topological polar surface area (TPSA) is 34.9 Å². The highest BCUT2D eigenvalue weighted by Crippen LogP contribution is 2.33. The lowest BCUT2D eigenvalue weighted by Gasteiger charge is -2.07. The number of hydrogen-bond donors (Lipinski definition) is 0. The van der Waals surface area contributed by atoms with Crippen LogP contribution in [0.25, 0.3) is 15.4 Å². The second-order valence-corrected chi connectivity index (χ2v) is 11.4. The number of nitrogens with zero attached hydrogens (tertiary/aromatic N) is 2. The van der Waals surface area contributed by atoms with Crippen molar-refractivity contribution in [3.05, 3.63) is 54.1 Å². The molecule has 27 heavy (non-hydrogen) atoms. The zero-order chi connectivity index (χ0) is 19.8. The summed E-state index contributed by atoms with van der Waals surface area (Å²) in [6.07, 6.45) is 4.81. The summed E-state index contributed by atoms with van der Waals surface area (Å²) in [5.41, 5.74) is 2.21. The van der Waals surface area contributed by atoms with Crippen molar-refractivity contribution in [3.63, 3.8) is 0 Å². The summed E-state index contributed by atoms with van der Waals surface area (Å²) in [4.78, 5) is 6.83. The third-order valence-corrected chi connectivity index (χ3v) is 6.81. The number of thiophene rings is 1. The number of imidazole rings is 1. The second kappa shape index (κ2) is 7.64. The smallest absolute Gasteiger partial charge is 0.114 e. The van der Waals surface area contributed by atoms with E-state index in [4.69, 9.17) is 4.98 Å². The van der Waals surface area contributed by atoms with Crippen LogP contribution in [0.1, 0.15) is 45.1 Å². The van der Waals surface area contributed by atoms with Gasteiger partial charge in [-0.1, -0.05) is 39.8 Å². The highest BCUT2D eigenvalue weighted by Gasteiger charge is 2.15. The molecule has 0 aliphatic carbocycles. The Labute approximate surface area is 167 Å². The lowest BCUT2D eigenvalue weighted by Crippen LogP contribution is -2.03. The lowest BCUT2D eigenvalue weighted by atomic mass is 10.1. The van der Waals surface area contributed by atoms with Crippen molar-refractivity contribution in [2.75, 3.05) is 6.26 Å². The first kappa shape index (κ1) is 19.9. The highest BCUT2D eigenvalue weighted by molar-refractivity contribution is 7.99. The van der Waals surface area contributed by atoms with Gasteiger partial charge in [0, 0.05) is 28.6 Å². The maximum absolute atomic E-state index is 12.3. The zero-order valence-corrected chi connectivity index (χ0v) is 18.4. The van der Waals surface area contributed by atoms with Gasteiger partial charge in [-0.2, -0.15) is 0 Å². The molecule has 0 saturated heterocycles. The maximum atomic E-state index is 12.3. The van der Waals surface area contributed by atoms with E-state index in [9.17, 15) is 4.21 Å². The molecule has 0 aliphatic heterocycles. The molecule has 0 aliphatic rings. The van der Waals surface area contributed by atoms with E-state index in [1.807, 2.05) is 18.2 Å². The van der Waals surface area contributed by atoms with Crippen molar-refractivity contribution in [2.45, 2.75) is 44.9 Å². The van der Waals surface area contributed by atoms with E-state index in [-0.39, 0.29) is 0 Å². The van der Waals surface area contributed by atoms with E-state index in [1.54, 1.807) is 17.6 Å². The molecule has 0 radical (unpaired) electrons. The summed E-state index contributed by atoms with van der Waals surface area (Å²) in [6.45, 7) is 8.80. The summed E-state index contributed by atoms with van der Waals surface area (Å²) in [6, 6.07) is 12.2. The molecule has 5 heteroatoms. The molecular weight excluding hydrogens is 372 g/mol. The second-order valence-electron chi connectivity index (χ2n) is 7.88. The molecule has 1 unspecified atom stereocenters. The van der Waals surface area contributed by atoms with Crippen LogP contribution in [-0.4, -0.2) is 25.9 Å². The fourth-order valence-corrected chi connectivity index (χ4v) is 4.69. The zero-order valence-electron chi connectivity index (χ0n) is 16.7. The Bertz CT molecular complexity index is 1040. The predicted molar refractivity (Wildman–Crippen MR) is 119 cm³/mol. The Balaban J connectivity index is 2.01. The van der Waals surface area contributed by atoms with Gasteiger partial charge in [0.05, 0.1) is 5.69 Å². The fourth-order valence-electron chi connectivity index (χ4n) is 2.95. The third kappa shape index (κ3) is 4.53. The van der Waals surface area contributed by atoms with Crippen LogP contribution in [-0.2, 0) is 15.9 Å². The normalized spacial score (nSPS) is 14.0. The van der Waals surface area contributed by atoms with Crippen LogP contribution >= 0.6 is 11.3 Å². The molecule has 3 aromatic rings. The monoisotopic (exact) mass is 400 g/mol. The summed E-state index contributed by atoms with van der Waals surface area (Å²) in [5.74, 6) is 5.88. The SMILES string of the molecule is C=S(C)(=O)c1cccc(-c2ccc(-n3cc(C(C)C)nc3CC(C)C)s2)c1. The minimum Gasteiger partial charge on any atom is -0.295 e. The van der Waals surface area contributed by atoms with Crippen LogP contribution in [0.2, 0.25) is 0 Å². The van der Waals surface area contributed by atoms with Gasteiger partial charge in [-0.05, 0) is 57.1 Å². The van der Waals surface area contributed by atoms with Crippen LogP contribution in [0, 0.1) is 5.92 Å². The largest absolute Gasteiger partial charge is 0.295 e. The highest BCUT2D eigenvalue weighted by atomic mass is 32.2. The van der Waals surface area contributed by atoms with Crippen molar-refractivity contribution in [1.82, 2.24) is 9.55 Å². The number of hydrogen-bond acceptors (Lipinski definition) is 3. The van der Waals surface area contributed by atoms with Crippen molar-refractivity contribution < 1.29 is 4.21 Å². The first-order valence-corrected chi connectivity index (χ1v) is 12.2. The summed E-state index contributed by atoms with van der Waals surface area (Å²) >= 11 is 1.73. The molecule has 1 aromatic carbocycles. The van der Waals surface area contributed by atoms with Crippen molar-refractivity contribution in [2.24, 2.45) is 5.92 Å². The van der Waals surface area contributed by atoms with E-state index in [0.717, 1.165) is 38.3 Å². The Hall–Kier alpha value is -1.85. The standard InChI is InChI=1S/C22H28N2OS2/c1-15(2)12-21-23-19(16(3)4)14-24(21)22-11-10-20(26-22)17-8-7-9-18(13-17)27(5,6)25/h7-11,13-16H,5,12H2,1-4,6H3. The van der Waals surface area contributed by atoms with Crippen LogP contribution in [0.4, 0.5) is 0 Å². The number of aromatic nitrogens is 2. The first-order valence-electron chi connectivity index (χ1n) is 9.26. The summed E-state index contributed by atoms with van der Waals surface area (Å²) in [7, 11) is -2.22. The van der Waals surface area contributed by atoms with Gasteiger partial charge in [-0.25, -0.2) is 4.98 Å². The van der Waals surface area contributed by atoms with E-state index < -0.39 is 9.52 Å². The quantitative estimate of drug-likeness (QED) is 0.503. The predicted octanol–water partition coefficient (Wildman–Crippen LogP) is 5.63. The van der Waals surface area contributed by atoms with Gasteiger partial charge in [0.25, 0.3) is 0 Å². The van der Waals surface area contributed by atoms with Crippen LogP contribution < -0.4 is 0 Å². The molecule has 3 rings (SSSR count). The molecule has 0 fully saturated rings. The van der Waals surface area contributed by atoms with Gasteiger partial charge >= 0.3 is 0 Å². The maximum Gasteiger partial charge on any atom is 0.114 e. The van der Waals surface area contributed by atoms with Crippen molar-refractivity contribution in [3.8, 4) is 15.4 Å². The Morgan fingerprint density at radius 2 is 1.93 bits per heavy atom. The number of rotatable bonds is 6. The Morgan fingerprint density at radius 1 is 1.19 bits per heavy atom. The van der Waals surface area contributed by atoms with Gasteiger partial charge in [0.15, 0.2) is 0 Å². The van der Waals surface area contributed by atoms with E-state index in [2.05, 4.69) is 62.5 Å². The molecule has 0 spiro atoms. The van der Waals surface area contributed by atoms with E-state index >= 15 is 0 Å². The Kier molecular flexibility index (Phi) is 5.63. The fraction of sp³-hybridized carbons (Fsp3) is 0.364. The van der Waals surface area contributed by atoms with Crippen LogP contribution in [0.5, 0.6) is 0 Å². The summed E-state index contributed by atoms with van der Waals surface area (Å²) in [5, 5.41) is 1.16. The minimum atomic E-state index is -2.22. The molecule has 144 valence electrons. The van der Waals surface area contributed by atoms with Gasteiger partial charge in [-0.15, -0.1) is 11.3 Å². The van der Waals surface area contributed by atoms with Gasteiger partial charge < -0.3 is 0 Å². The van der Waals surface area contributed by atoms with Crippen LogP contribution in [0.15, 0.2) is 47.5 Å². The van der Waals surface area contributed by atoms with Gasteiger partial charge in [0.1, 0.15) is 10.8 Å². The average Bonchev–Trinajstić information content (AvgIpc) is 3.20.